The smallest absolute Gasteiger partial charge is 0.254 e. The highest BCUT2D eigenvalue weighted by Crippen LogP contribution is 2.35. The number of rotatable bonds is 5. The zero-order valence-electron chi connectivity index (χ0n) is 15.3. The highest BCUT2D eigenvalue weighted by Gasteiger charge is 2.39. The molecule has 1 saturated carbocycles. The van der Waals surface area contributed by atoms with Gasteiger partial charge in [-0.1, -0.05) is 31.2 Å². The van der Waals surface area contributed by atoms with Crippen LogP contribution in [-0.2, 0) is 10.0 Å². The van der Waals surface area contributed by atoms with Crippen LogP contribution in [0.4, 0.5) is 0 Å². The van der Waals surface area contributed by atoms with Gasteiger partial charge < -0.3 is 10.0 Å². The summed E-state index contributed by atoms with van der Waals surface area (Å²) in [7, 11) is -3.76. The van der Waals surface area contributed by atoms with Crippen LogP contribution in [0.25, 0.3) is 0 Å². The van der Waals surface area contributed by atoms with Crippen LogP contribution in [0.2, 0.25) is 0 Å². The first-order valence-electron chi connectivity index (χ1n) is 9.44. The second-order valence-corrected chi connectivity index (χ2v) is 9.14. The molecule has 2 N–H and O–H groups in total. The number of hydrogen-bond acceptors (Lipinski definition) is 4. The van der Waals surface area contributed by atoms with Crippen molar-refractivity contribution in [2.45, 2.75) is 55.6 Å². The zero-order chi connectivity index (χ0) is 19.4. The van der Waals surface area contributed by atoms with Crippen LogP contribution in [-0.4, -0.2) is 49.6 Å². The maximum absolute atomic E-state index is 13.1. The number of carbonyl (C=O) groups excluding carboxylic acids is 1. The molecule has 1 aliphatic carbocycles. The van der Waals surface area contributed by atoms with Crippen molar-refractivity contribution in [1.29, 1.82) is 0 Å². The van der Waals surface area contributed by atoms with Crippen molar-refractivity contribution in [1.82, 2.24) is 9.62 Å². The molecule has 0 spiro atoms. The SMILES string of the molecule is C#CCNS(=O)(=O)c1cccc(C(=O)N2C[C@@H](O)C[C@H]2C2CCCCC2)c1. The molecule has 6 nitrogen and oxygen atoms in total. The summed E-state index contributed by atoms with van der Waals surface area (Å²) >= 11 is 0. The van der Waals surface area contributed by atoms with Crippen molar-refractivity contribution in [3.8, 4) is 12.3 Å². The lowest BCUT2D eigenvalue weighted by Gasteiger charge is -2.34. The summed E-state index contributed by atoms with van der Waals surface area (Å²) in [5.41, 5.74) is 0.313. The monoisotopic (exact) mass is 390 g/mol. The van der Waals surface area contributed by atoms with Crippen LogP contribution in [0.5, 0.6) is 0 Å². The summed E-state index contributed by atoms with van der Waals surface area (Å²) in [6, 6.07) is 6.01. The molecule has 7 heteroatoms. The summed E-state index contributed by atoms with van der Waals surface area (Å²) in [5.74, 6) is 2.41. The van der Waals surface area contributed by atoms with E-state index in [0.717, 1.165) is 25.7 Å². The molecule has 2 fully saturated rings. The maximum Gasteiger partial charge on any atom is 0.254 e. The second kappa shape index (κ2) is 8.42. The van der Waals surface area contributed by atoms with Crippen molar-refractivity contribution in [2.24, 2.45) is 5.92 Å². The molecule has 1 aromatic rings. The largest absolute Gasteiger partial charge is 0.391 e. The lowest BCUT2D eigenvalue weighted by molar-refractivity contribution is 0.0650. The third-order valence-electron chi connectivity index (χ3n) is 5.53. The Labute approximate surface area is 161 Å². The fraction of sp³-hybridized carbons (Fsp3) is 0.550. The van der Waals surface area contributed by atoms with Crippen molar-refractivity contribution < 1.29 is 18.3 Å². The van der Waals surface area contributed by atoms with E-state index in [4.69, 9.17) is 6.42 Å². The Kier molecular flexibility index (Phi) is 6.20. The Bertz CT molecular complexity index is 825. The first-order chi connectivity index (χ1) is 12.9. The molecule has 0 aromatic heterocycles. The molecule has 146 valence electrons. The Morgan fingerprint density at radius 2 is 2.04 bits per heavy atom. The van der Waals surface area contributed by atoms with E-state index in [0.29, 0.717) is 24.4 Å². The van der Waals surface area contributed by atoms with Crippen LogP contribution < -0.4 is 4.72 Å². The number of nitrogens with zero attached hydrogens (tertiary/aromatic N) is 1. The van der Waals surface area contributed by atoms with Crippen molar-refractivity contribution >= 4 is 15.9 Å². The topological polar surface area (TPSA) is 86.7 Å². The number of terminal acetylenes is 1. The van der Waals surface area contributed by atoms with E-state index < -0.39 is 16.1 Å². The normalized spacial score (nSPS) is 23.9. The molecule has 3 rings (SSSR count). The van der Waals surface area contributed by atoms with E-state index >= 15 is 0 Å². The lowest BCUT2D eigenvalue weighted by Crippen LogP contribution is -2.41. The average molecular weight is 391 g/mol. The minimum atomic E-state index is -3.76. The Balaban J connectivity index is 1.82. The number of likely N-dealkylation sites (tertiary alicyclic amines) is 1. The highest BCUT2D eigenvalue weighted by atomic mass is 32.2. The van der Waals surface area contributed by atoms with Gasteiger partial charge in [0.15, 0.2) is 0 Å². The maximum atomic E-state index is 13.1. The number of nitrogens with one attached hydrogen (secondary N) is 1. The minimum absolute atomic E-state index is 0.0116. The predicted octanol–water partition coefficient (Wildman–Crippen LogP) is 1.75. The first kappa shape index (κ1) is 19.9. The first-order valence-corrected chi connectivity index (χ1v) is 10.9. The third kappa shape index (κ3) is 4.52. The number of amides is 1. The van der Waals surface area contributed by atoms with Gasteiger partial charge in [-0.2, -0.15) is 4.72 Å². The molecule has 0 bridgehead atoms. The molecule has 1 amide bonds. The average Bonchev–Trinajstić information content (AvgIpc) is 3.08. The van der Waals surface area contributed by atoms with Gasteiger partial charge in [-0.05, 0) is 43.4 Å². The molecule has 1 aromatic carbocycles. The van der Waals surface area contributed by atoms with Crippen molar-refractivity contribution in [3.05, 3.63) is 29.8 Å². The van der Waals surface area contributed by atoms with E-state index in [-0.39, 0.29) is 23.4 Å². The number of aliphatic hydroxyl groups excluding tert-OH is 1. The number of benzene rings is 1. The van der Waals surface area contributed by atoms with Crippen molar-refractivity contribution in [3.63, 3.8) is 0 Å². The van der Waals surface area contributed by atoms with Gasteiger partial charge in [-0.15, -0.1) is 6.42 Å². The standard InChI is InChI=1S/C20H26N2O4S/c1-2-11-21-27(25,26)18-10-6-9-16(12-18)20(24)22-14-17(23)13-19(22)15-7-4-3-5-8-15/h1,6,9-10,12,15,17,19,21,23H,3-5,7-8,11,13-14H2/t17-,19-/m0/s1. The van der Waals surface area contributed by atoms with Crippen LogP contribution in [0.1, 0.15) is 48.9 Å². The number of hydrogen-bond donors (Lipinski definition) is 2. The molecule has 1 heterocycles. The summed E-state index contributed by atoms with van der Waals surface area (Å²) in [6.07, 6.45) is 10.9. The van der Waals surface area contributed by atoms with Gasteiger partial charge in [0.1, 0.15) is 0 Å². The van der Waals surface area contributed by atoms with Crippen LogP contribution in [0.3, 0.4) is 0 Å². The molecule has 2 aliphatic rings. The Morgan fingerprint density at radius 3 is 2.74 bits per heavy atom. The summed E-state index contributed by atoms with van der Waals surface area (Å²) in [5, 5.41) is 10.2. The van der Waals surface area contributed by atoms with E-state index in [2.05, 4.69) is 10.6 Å². The highest BCUT2D eigenvalue weighted by molar-refractivity contribution is 7.89. The molecule has 0 unspecified atom stereocenters. The van der Waals surface area contributed by atoms with E-state index in [9.17, 15) is 18.3 Å². The third-order valence-corrected chi connectivity index (χ3v) is 6.93. The molecule has 27 heavy (non-hydrogen) atoms. The van der Waals surface area contributed by atoms with Gasteiger partial charge in [0.25, 0.3) is 5.91 Å². The molecule has 2 atom stereocenters. The molecular formula is C20H26N2O4S. The van der Waals surface area contributed by atoms with Crippen LogP contribution >= 0.6 is 0 Å². The number of aliphatic hydroxyl groups is 1. The second-order valence-electron chi connectivity index (χ2n) is 7.37. The van der Waals surface area contributed by atoms with E-state index in [1.807, 2.05) is 0 Å². The summed E-state index contributed by atoms with van der Waals surface area (Å²) in [6.45, 7) is 0.189. The predicted molar refractivity (Wildman–Crippen MR) is 102 cm³/mol. The van der Waals surface area contributed by atoms with Gasteiger partial charge in [-0.25, -0.2) is 8.42 Å². The molecule has 1 saturated heterocycles. The van der Waals surface area contributed by atoms with E-state index in [1.54, 1.807) is 17.0 Å². The van der Waals surface area contributed by atoms with Gasteiger partial charge >= 0.3 is 0 Å². The molecular weight excluding hydrogens is 364 g/mol. The number of carbonyl (C=O) groups is 1. The van der Waals surface area contributed by atoms with Gasteiger partial charge in [0.05, 0.1) is 17.5 Å². The Morgan fingerprint density at radius 1 is 1.30 bits per heavy atom. The van der Waals surface area contributed by atoms with Crippen LogP contribution in [0.15, 0.2) is 29.2 Å². The Hall–Kier alpha value is -1.88. The summed E-state index contributed by atoms with van der Waals surface area (Å²) in [4.78, 5) is 14.9. The zero-order valence-corrected chi connectivity index (χ0v) is 16.1. The number of sulfonamides is 1. The summed E-state index contributed by atoms with van der Waals surface area (Å²) < 4.78 is 26.9. The molecule has 0 radical (unpaired) electrons. The van der Waals surface area contributed by atoms with Crippen molar-refractivity contribution in [2.75, 3.05) is 13.1 Å². The van der Waals surface area contributed by atoms with Gasteiger partial charge in [0, 0.05) is 18.2 Å². The lowest BCUT2D eigenvalue weighted by atomic mass is 9.82. The number of β-amino-alcohol motifs (C(OH)–C–C–N with tert-alkyl or cyclic N) is 1. The quantitative estimate of drug-likeness (QED) is 0.750. The fourth-order valence-corrected chi connectivity index (χ4v) is 5.20. The minimum Gasteiger partial charge on any atom is -0.391 e. The fourth-order valence-electron chi connectivity index (χ4n) is 4.22. The van der Waals surface area contributed by atoms with Crippen LogP contribution in [0, 0.1) is 18.3 Å². The van der Waals surface area contributed by atoms with Gasteiger partial charge in [-0.3, -0.25) is 4.79 Å². The molecule has 1 aliphatic heterocycles. The van der Waals surface area contributed by atoms with E-state index in [1.165, 1.54) is 18.6 Å². The van der Waals surface area contributed by atoms with Gasteiger partial charge in [0.2, 0.25) is 10.0 Å².